The smallest absolute Gasteiger partial charge is 0.132 e. The van der Waals surface area contributed by atoms with Crippen LogP contribution in [-0.4, -0.2) is 71.9 Å². The van der Waals surface area contributed by atoms with Crippen LogP contribution in [0.3, 0.4) is 0 Å². The molecule has 3 heterocycles. The number of nitrogens with one attached hydrogen (secondary N) is 1. The number of aromatic nitrogens is 2. The monoisotopic (exact) mass is 375 g/mol. The summed E-state index contributed by atoms with van der Waals surface area (Å²) in [4.78, 5) is 14.2. The van der Waals surface area contributed by atoms with Crippen molar-refractivity contribution in [3.8, 4) is 0 Å². The Hall–Kier alpha value is -1.24. The van der Waals surface area contributed by atoms with Crippen LogP contribution in [0.5, 0.6) is 0 Å². The van der Waals surface area contributed by atoms with E-state index in [4.69, 9.17) is 0 Å². The van der Waals surface area contributed by atoms with Crippen molar-refractivity contribution in [1.82, 2.24) is 20.2 Å². The summed E-state index contributed by atoms with van der Waals surface area (Å²) in [5.41, 5.74) is 1.17. The van der Waals surface area contributed by atoms with Crippen LogP contribution in [0.1, 0.15) is 50.5 Å². The third-order valence-electron chi connectivity index (χ3n) is 5.92. The Balaban J connectivity index is 1.40. The van der Waals surface area contributed by atoms with Gasteiger partial charge in [0.15, 0.2) is 0 Å². The molecule has 0 saturated carbocycles. The van der Waals surface area contributed by atoms with Gasteiger partial charge >= 0.3 is 0 Å². The van der Waals surface area contributed by atoms with Gasteiger partial charge < -0.3 is 20.2 Å². The zero-order valence-corrected chi connectivity index (χ0v) is 17.2. The summed E-state index contributed by atoms with van der Waals surface area (Å²) < 4.78 is 0. The number of rotatable bonds is 8. The molecule has 27 heavy (non-hydrogen) atoms. The molecule has 2 saturated heterocycles. The predicted octanol–water partition coefficient (Wildman–Crippen LogP) is 2.00. The van der Waals surface area contributed by atoms with Crippen LogP contribution < -0.4 is 10.2 Å². The molecule has 2 N–H and O–H groups in total. The molecule has 1 aromatic rings. The number of aliphatic hydroxyl groups excluding tert-OH is 1. The summed E-state index contributed by atoms with van der Waals surface area (Å²) in [7, 11) is 0. The minimum Gasteiger partial charge on any atom is -0.396 e. The average molecular weight is 376 g/mol. The fourth-order valence-corrected chi connectivity index (χ4v) is 4.40. The molecule has 6 heteroatoms. The molecule has 2 aliphatic heterocycles. The SMILES string of the molecule is CCCc1cc(N2CCC(NCCN3CCCC(CO)C3)CC2)nc(C)n1. The molecular weight excluding hydrogens is 338 g/mol. The molecule has 0 amide bonds. The van der Waals surface area contributed by atoms with Crippen LogP contribution >= 0.6 is 0 Å². The average Bonchev–Trinajstić information content (AvgIpc) is 2.68. The van der Waals surface area contributed by atoms with Gasteiger partial charge in [0, 0.05) is 57.1 Å². The van der Waals surface area contributed by atoms with E-state index >= 15 is 0 Å². The quantitative estimate of drug-likeness (QED) is 0.725. The number of aryl methyl sites for hydroxylation is 2. The highest BCUT2D eigenvalue weighted by Crippen LogP contribution is 2.20. The second kappa shape index (κ2) is 10.3. The number of piperidine rings is 2. The largest absolute Gasteiger partial charge is 0.396 e. The maximum atomic E-state index is 9.37. The second-order valence-corrected chi connectivity index (χ2v) is 8.22. The fraction of sp³-hybridized carbons (Fsp3) is 0.810. The Labute approximate surface area is 164 Å². The molecule has 3 rings (SSSR count). The Bertz CT molecular complexity index is 574. The van der Waals surface area contributed by atoms with E-state index in [0.29, 0.717) is 18.6 Å². The van der Waals surface area contributed by atoms with E-state index in [9.17, 15) is 5.11 Å². The molecule has 152 valence electrons. The van der Waals surface area contributed by atoms with Crippen LogP contribution in [0.4, 0.5) is 5.82 Å². The van der Waals surface area contributed by atoms with E-state index < -0.39 is 0 Å². The van der Waals surface area contributed by atoms with Crippen LogP contribution in [0, 0.1) is 12.8 Å². The summed E-state index contributed by atoms with van der Waals surface area (Å²) in [6.45, 7) is 11.1. The third kappa shape index (κ3) is 6.13. The van der Waals surface area contributed by atoms with Crippen molar-refractivity contribution >= 4 is 5.82 Å². The normalized spacial score (nSPS) is 22.3. The van der Waals surface area contributed by atoms with Crippen LogP contribution in [0.2, 0.25) is 0 Å². The highest BCUT2D eigenvalue weighted by Gasteiger charge is 2.22. The van der Waals surface area contributed by atoms with Gasteiger partial charge in [-0.3, -0.25) is 0 Å². The maximum absolute atomic E-state index is 9.37. The van der Waals surface area contributed by atoms with Crippen molar-refractivity contribution in [2.45, 2.75) is 58.4 Å². The van der Waals surface area contributed by atoms with Gasteiger partial charge in [-0.05, 0) is 51.5 Å². The Kier molecular flexibility index (Phi) is 7.85. The zero-order chi connectivity index (χ0) is 19.1. The number of likely N-dealkylation sites (tertiary alicyclic amines) is 1. The van der Waals surface area contributed by atoms with Crippen molar-refractivity contribution in [2.75, 3.05) is 50.8 Å². The fourth-order valence-electron chi connectivity index (χ4n) is 4.40. The topological polar surface area (TPSA) is 64.5 Å². The summed E-state index contributed by atoms with van der Waals surface area (Å²) in [6.07, 6.45) is 6.90. The van der Waals surface area contributed by atoms with Crippen molar-refractivity contribution in [1.29, 1.82) is 0 Å². The Morgan fingerprint density at radius 3 is 2.74 bits per heavy atom. The summed E-state index contributed by atoms with van der Waals surface area (Å²) in [5, 5.41) is 13.1. The molecule has 6 nitrogen and oxygen atoms in total. The van der Waals surface area contributed by atoms with E-state index in [2.05, 4.69) is 38.1 Å². The van der Waals surface area contributed by atoms with Gasteiger partial charge in [-0.25, -0.2) is 9.97 Å². The number of anilines is 1. The Morgan fingerprint density at radius 1 is 1.19 bits per heavy atom. The van der Waals surface area contributed by atoms with Gasteiger partial charge in [-0.2, -0.15) is 0 Å². The highest BCUT2D eigenvalue weighted by molar-refractivity contribution is 5.40. The van der Waals surface area contributed by atoms with Gasteiger partial charge in [-0.15, -0.1) is 0 Å². The lowest BCUT2D eigenvalue weighted by Gasteiger charge is -2.35. The maximum Gasteiger partial charge on any atom is 0.132 e. The highest BCUT2D eigenvalue weighted by atomic mass is 16.3. The number of hydrogen-bond acceptors (Lipinski definition) is 6. The van der Waals surface area contributed by atoms with Gasteiger partial charge in [-0.1, -0.05) is 13.3 Å². The lowest BCUT2D eigenvalue weighted by Crippen LogP contribution is -2.46. The first-order valence-corrected chi connectivity index (χ1v) is 10.8. The van der Waals surface area contributed by atoms with Crippen LogP contribution in [0.15, 0.2) is 6.07 Å². The minimum absolute atomic E-state index is 0.338. The molecule has 0 aromatic carbocycles. The first kappa shape index (κ1) is 20.5. The van der Waals surface area contributed by atoms with Crippen LogP contribution in [-0.2, 0) is 6.42 Å². The van der Waals surface area contributed by atoms with Crippen LogP contribution in [0.25, 0.3) is 0 Å². The van der Waals surface area contributed by atoms with E-state index in [-0.39, 0.29) is 0 Å². The van der Waals surface area contributed by atoms with Crippen molar-refractivity contribution in [3.05, 3.63) is 17.6 Å². The van der Waals surface area contributed by atoms with Gasteiger partial charge in [0.1, 0.15) is 11.6 Å². The van der Waals surface area contributed by atoms with Crippen molar-refractivity contribution in [2.24, 2.45) is 5.92 Å². The van der Waals surface area contributed by atoms with E-state index in [0.717, 1.165) is 57.2 Å². The number of hydrogen-bond donors (Lipinski definition) is 2. The molecule has 2 aliphatic rings. The molecule has 2 fully saturated rings. The van der Waals surface area contributed by atoms with E-state index in [1.54, 1.807) is 0 Å². The molecule has 1 aromatic heterocycles. The van der Waals surface area contributed by atoms with E-state index in [1.165, 1.54) is 37.9 Å². The van der Waals surface area contributed by atoms with Crippen molar-refractivity contribution < 1.29 is 5.11 Å². The molecule has 0 bridgehead atoms. The predicted molar refractivity (Wildman–Crippen MR) is 110 cm³/mol. The summed E-state index contributed by atoms with van der Waals surface area (Å²) >= 11 is 0. The molecule has 1 atom stereocenters. The first-order chi connectivity index (χ1) is 13.2. The summed E-state index contributed by atoms with van der Waals surface area (Å²) in [6, 6.07) is 2.79. The zero-order valence-electron chi connectivity index (χ0n) is 17.2. The molecule has 0 radical (unpaired) electrons. The Morgan fingerprint density at radius 2 is 2.00 bits per heavy atom. The van der Waals surface area contributed by atoms with Gasteiger partial charge in [0.05, 0.1) is 0 Å². The standard InChI is InChI=1S/C21H37N5O/c1-3-5-20-14-21(24-17(2)23-20)26-11-7-19(8-12-26)22-9-13-25-10-4-6-18(15-25)16-27/h14,18-19,22,27H,3-13,15-16H2,1-2H3. The lowest BCUT2D eigenvalue weighted by molar-refractivity contribution is 0.120. The molecular formula is C21H37N5O. The van der Waals surface area contributed by atoms with E-state index in [1.807, 2.05) is 6.92 Å². The van der Waals surface area contributed by atoms with Gasteiger partial charge in [0.2, 0.25) is 0 Å². The second-order valence-electron chi connectivity index (χ2n) is 8.22. The third-order valence-corrected chi connectivity index (χ3v) is 5.92. The lowest BCUT2D eigenvalue weighted by atomic mass is 9.99. The molecule has 0 spiro atoms. The number of aliphatic hydroxyl groups is 1. The summed E-state index contributed by atoms with van der Waals surface area (Å²) in [5.74, 6) is 2.47. The minimum atomic E-state index is 0.338. The molecule has 0 aliphatic carbocycles. The first-order valence-electron chi connectivity index (χ1n) is 10.8. The van der Waals surface area contributed by atoms with Gasteiger partial charge in [0.25, 0.3) is 0 Å². The number of nitrogens with zero attached hydrogens (tertiary/aromatic N) is 4. The molecule has 1 unspecified atom stereocenters. The van der Waals surface area contributed by atoms with Crippen molar-refractivity contribution in [3.63, 3.8) is 0 Å².